The van der Waals surface area contributed by atoms with Crippen molar-refractivity contribution >= 4 is 11.9 Å². The number of guanidine groups is 1. The molecule has 0 radical (unpaired) electrons. The van der Waals surface area contributed by atoms with Crippen LogP contribution in [-0.2, 0) is 9.53 Å². The van der Waals surface area contributed by atoms with E-state index in [-0.39, 0.29) is 5.96 Å². The highest BCUT2D eigenvalue weighted by atomic mass is 16.5. The van der Waals surface area contributed by atoms with Crippen molar-refractivity contribution in [3.05, 3.63) is 11.3 Å². The fourth-order valence-electron chi connectivity index (χ4n) is 1.81. The van der Waals surface area contributed by atoms with E-state index in [1.807, 2.05) is 0 Å². The van der Waals surface area contributed by atoms with Crippen molar-refractivity contribution in [3.8, 4) is 0 Å². The average Bonchev–Trinajstić information content (AvgIpc) is 2.27. The standard InChI is InChI=1S/C11H19N3O2/c1-2-16-10(15)9(14-11(12)13)8-6-4-3-5-7-8/h2-7H2,1H3,(H4,12,13,14). The molecule has 0 saturated heterocycles. The summed E-state index contributed by atoms with van der Waals surface area (Å²) in [5.41, 5.74) is 12.0. The van der Waals surface area contributed by atoms with Crippen molar-refractivity contribution < 1.29 is 9.53 Å². The van der Waals surface area contributed by atoms with E-state index in [2.05, 4.69) is 4.99 Å². The summed E-state index contributed by atoms with van der Waals surface area (Å²) in [5.74, 6) is -0.520. The Morgan fingerprint density at radius 3 is 2.44 bits per heavy atom. The Kier molecular flexibility index (Phi) is 4.82. The fourth-order valence-corrected chi connectivity index (χ4v) is 1.81. The molecule has 0 atom stereocenters. The maximum atomic E-state index is 11.7. The van der Waals surface area contributed by atoms with E-state index in [0.717, 1.165) is 31.3 Å². The highest BCUT2D eigenvalue weighted by Crippen LogP contribution is 2.26. The zero-order valence-electron chi connectivity index (χ0n) is 9.66. The normalized spacial score (nSPS) is 15.4. The molecular weight excluding hydrogens is 206 g/mol. The molecule has 1 aliphatic rings. The number of allylic oxidation sites excluding steroid dienone is 1. The number of esters is 1. The minimum Gasteiger partial charge on any atom is -0.461 e. The fraction of sp³-hybridized carbons (Fsp3) is 0.636. The first kappa shape index (κ1) is 12.5. The number of hydrogen-bond donors (Lipinski definition) is 2. The molecule has 5 heteroatoms. The van der Waals surface area contributed by atoms with Crippen molar-refractivity contribution in [3.63, 3.8) is 0 Å². The molecule has 1 fully saturated rings. The van der Waals surface area contributed by atoms with Crippen molar-refractivity contribution in [1.82, 2.24) is 0 Å². The predicted molar refractivity (Wildman–Crippen MR) is 62.6 cm³/mol. The highest BCUT2D eigenvalue weighted by molar-refractivity contribution is 5.92. The average molecular weight is 225 g/mol. The summed E-state index contributed by atoms with van der Waals surface area (Å²) < 4.78 is 4.94. The molecule has 16 heavy (non-hydrogen) atoms. The summed E-state index contributed by atoms with van der Waals surface area (Å²) in [6.07, 6.45) is 5.12. The molecular formula is C11H19N3O2. The van der Waals surface area contributed by atoms with E-state index in [0.29, 0.717) is 12.3 Å². The first-order chi connectivity index (χ1) is 7.65. The van der Waals surface area contributed by atoms with Crippen LogP contribution in [0.25, 0.3) is 0 Å². The van der Waals surface area contributed by atoms with Crippen LogP contribution in [0, 0.1) is 0 Å². The summed E-state index contributed by atoms with van der Waals surface area (Å²) in [6, 6.07) is 0. The molecule has 90 valence electrons. The Morgan fingerprint density at radius 1 is 1.31 bits per heavy atom. The number of aliphatic imine (C=N–C) groups is 1. The first-order valence-corrected chi connectivity index (χ1v) is 5.64. The predicted octanol–water partition coefficient (Wildman–Crippen LogP) is 1.04. The summed E-state index contributed by atoms with van der Waals surface area (Å²) in [4.78, 5) is 15.6. The quantitative estimate of drug-likeness (QED) is 0.325. The van der Waals surface area contributed by atoms with Gasteiger partial charge in [0.15, 0.2) is 11.7 Å². The molecule has 0 aliphatic heterocycles. The second kappa shape index (κ2) is 6.15. The number of carbonyl (C=O) groups is 1. The van der Waals surface area contributed by atoms with Crippen molar-refractivity contribution in [2.45, 2.75) is 39.0 Å². The maximum Gasteiger partial charge on any atom is 0.357 e. The lowest BCUT2D eigenvalue weighted by Gasteiger charge is -2.16. The van der Waals surface area contributed by atoms with Gasteiger partial charge in [-0.1, -0.05) is 6.42 Å². The first-order valence-electron chi connectivity index (χ1n) is 5.64. The highest BCUT2D eigenvalue weighted by Gasteiger charge is 2.18. The van der Waals surface area contributed by atoms with Crippen LogP contribution in [0.4, 0.5) is 0 Å². The van der Waals surface area contributed by atoms with Crippen LogP contribution in [0.3, 0.4) is 0 Å². The molecule has 5 nitrogen and oxygen atoms in total. The van der Waals surface area contributed by atoms with E-state index >= 15 is 0 Å². The van der Waals surface area contributed by atoms with Gasteiger partial charge in [-0.05, 0) is 38.2 Å². The maximum absolute atomic E-state index is 11.7. The summed E-state index contributed by atoms with van der Waals surface area (Å²) in [5, 5.41) is 0. The van der Waals surface area contributed by atoms with Crippen LogP contribution >= 0.6 is 0 Å². The van der Waals surface area contributed by atoms with Gasteiger partial charge in [-0.3, -0.25) is 0 Å². The molecule has 0 heterocycles. The second-order valence-electron chi connectivity index (χ2n) is 3.77. The van der Waals surface area contributed by atoms with Crippen LogP contribution in [0.2, 0.25) is 0 Å². The molecule has 1 rings (SSSR count). The monoisotopic (exact) mass is 225 g/mol. The Morgan fingerprint density at radius 2 is 1.94 bits per heavy atom. The smallest absolute Gasteiger partial charge is 0.357 e. The van der Waals surface area contributed by atoms with Gasteiger partial charge in [-0.15, -0.1) is 0 Å². The number of hydrogen-bond acceptors (Lipinski definition) is 3. The third-order valence-electron chi connectivity index (χ3n) is 2.50. The van der Waals surface area contributed by atoms with Gasteiger partial charge in [0.2, 0.25) is 0 Å². The summed E-state index contributed by atoms with van der Waals surface area (Å²) in [6.45, 7) is 2.09. The lowest BCUT2D eigenvalue weighted by atomic mass is 9.93. The SMILES string of the molecule is CCOC(=O)C(N=C(N)N)=C1CCCCC1. The lowest BCUT2D eigenvalue weighted by Crippen LogP contribution is -2.24. The molecule has 1 saturated carbocycles. The van der Waals surface area contributed by atoms with Gasteiger partial charge in [0.1, 0.15) is 0 Å². The zero-order valence-corrected chi connectivity index (χ0v) is 9.66. The number of nitrogens with two attached hydrogens (primary N) is 2. The minimum absolute atomic E-state index is 0.0962. The molecule has 4 N–H and O–H groups in total. The van der Waals surface area contributed by atoms with Crippen molar-refractivity contribution in [1.29, 1.82) is 0 Å². The van der Waals surface area contributed by atoms with E-state index in [1.54, 1.807) is 6.92 Å². The lowest BCUT2D eigenvalue weighted by molar-refractivity contribution is -0.138. The van der Waals surface area contributed by atoms with Gasteiger partial charge < -0.3 is 16.2 Å². The van der Waals surface area contributed by atoms with Crippen molar-refractivity contribution in [2.24, 2.45) is 16.5 Å². The molecule has 0 aromatic heterocycles. The van der Waals surface area contributed by atoms with E-state index in [1.165, 1.54) is 6.42 Å². The third-order valence-corrected chi connectivity index (χ3v) is 2.50. The van der Waals surface area contributed by atoms with Crippen LogP contribution in [0.5, 0.6) is 0 Å². The molecule has 0 unspecified atom stereocenters. The third kappa shape index (κ3) is 3.56. The Balaban J connectivity index is 2.93. The van der Waals surface area contributed by atoms with Crippen LogP contribution in [0.15, 0.2) is 16.3 Å². The Bertz CT molecular complexity index is 309. The summed E-state index contributed by atoms with van der Waals surface area (Å²) >= 11 is 0. The number of rotatable bonds is 3. The van der Waals surface area contributed by atoms with Crippen molar-refractivity contribution in [2.75, 3.05) is 6.61 Å². The molecule has 1 aliphatic carbocycles. The van der Waals surface area contributed by atoms with Crippen LogP contribution in [-0.4, -0.2) is 18.5 Å². The number of ether oxygens (including phenoxy) is 1. The van der Waals surface area contributed by atoms with Crippen LogP contribution in [0.1, 0.15) is 39.0 Å². The van der Waals surface area contributed by atoms with Gasteiger partial charge in [0.25, 0.3) is 0 Å². The van der Waals surface area contributed by atoms with E-state index in [4.69, 9.17) is 16.2 Å². The second-order valence-corrected chi connectivity index (χ2v) is 3.77. The van der Waals surface area contributed by atoms with Gasteiger partial charge in [-0.25, -0.2) is 9.79 Å². The molecule has 0 aromatic rings. The van der Waals surface area contributed by atoms with E-state index < -0.39 is 5.97 Å². The van der Waals surface area contributed by atoms with Gasteiger partial charge in [0.05, 0.1) is 6.61 Å². The zero-order chi connectivity index (χ0) is 12.0. The van der Waals surface area contributed by atoms with Crippen LogP contribution < -0.4 is 11.5 Å². The molecule has 0 bridgehead atoms. The van der Waals surface area contributed by atoms with Gasteiger partial charge in [-0.2, -0.15) is 0 Å². The Hall–Kier alpha value is -1.52. The Labute approximate surface area is 95.5 Å². The minimum atomic E-state index is -0.423. The number of carbonyl (C=O) groups excluding carboxylic acids is 1. The van der Waals surface area contributed by atoms with E-state index in [9.17, 15) is 4.79 Å². The molecule has 0 amide bonds. The molecule has 0 aromatic carbocycles. The molecule has 0 spiro atoms. The largest absolute Gasteiger partial charge is 0.461 e. The topological polar surface area (TPSA) is 90.7 Å². The van der Waals surface area contributed by atoms with Gasteiger partial charge in [0, 0.05) is 0 Å². The number of nitrogens with zero attached hydrogens (tertiary/aromatic N) is 1. The van der Waals surface area contributed by atoms with Gasteiger partial charge >= 0.3 is 5.97 Å². The summed E-state index contributed by atoms with van der Waals surface area (Å²) in [7, 11) is 0.